The second kappa shape index (κ2) is 30.6. The van der Waals surface area contributed by atoms with Gasteiger partial charge in [-0.15, -0.1) is 47.0 Å². The van der Waals surface area contributed by atoms with Gasteiger partial charge in [0.25, 0.3) is 0 Å². The first-order valence-corrected chi connectivity index (χ1v) is 21.3. The summed E-state index contributed by atoms with van der Waals surface area (Å²) in [6.07, 6.45) is 12.7. The number of carboxylic acid groups (broad SMARTS) is 2. The van der Waals surface area contributed by atoms with Crippen molar-refractivity contribution in [3.05, 3.63) is 0 Å². The molecule has 0 aromatic heterocycles. The smallest absolute Gasteiger partial charge is 0.313 e. The first-order valence-electron chi connectivity index (χ1n) is 17.1. The summed E-state index contributed by atoms with van der Waals surface area (Å²) in [5.41, 5.74) is 10.7. The number of thioether (sulfide) groups is 4. The summed E-state index contributed by atoms with van der Waals surface area (Å²) < 4.78 is 0. The lowest BCUT2D eigenvalue weighted by atomic mass is 9.95. The number of nitrogens with two attached hydrogens (primary N) is 2. The second-order valence-corrected chi connectivity index (χ2v) is 17.3. The van der Waals surface area contributed by atoms with Gasteiger partial charge in [0.2, 0.25) is 0 Å². The van der Waals surface area contributed by atoms with Gasteiger partial charge in [-0.2, -0.15) is 0 Å². The molecule has 0 bridgehead atoms. The van der Waals surface area contributed by atoms with Crippen LogP contribution >= 0.6 is 47.0 Å². The molecular weight excluding hydrogens is 705 g/mol. The van der Waals surface area contributed by atoms with Gasteiger partial charge in [-0.3, -0.25) is 28.8 Å². The normalized spacial score (nSPS) is 20.3. The minimum absolute atomic E-state index is 0. The molecule has 2 aliphatic carbocycles. The van der Waals surface area contributed by atoms with Gasteiger partial charge in [0.05, 0.1) is 29.1 Å². The molecule has 2 rings (SSSR count). The number of hydrogen-bond donors (Lipinski definition) is 4. The molecule has 49 heavy (non-hydrogen) atoms. The second-order valence-electron chi connectivity index (χ2n) is 12.4. The molecule has 0 saturated heterocycles. The van der Waals surface area contributed by atoms with Gasteiger partial charge < -0.3 is 21.7 Å². The van der Waals surface area contributed by atoms with Gasteiger partial charge >= 0.3 is 11.9 Å². The van der Waals surface area contributed by atoms with Crippen LogP contribution in [-0.4, -0.2) is 102 Å². The van der Waals surface area contributed by atoms with E-state index in [2.05, 4.69) is 6.92 Å². The van der Waals surface area contributed by atoms with Gasteiger partial charge in [-0.1, -0.05) is 33.6 Å². The zero-order chi connectivity index (χ0) is 36.5. The number of carbonyl (C=O) groups is 6. The van der Waals surface area contributed by atoms with Gasteiger partial charge in [0.1, 0.15) is 23.1 Å². The van der Waals surface area contributed by atoms with Crippen LogP contribution in [0.15, 0.2) is 0 Å². The van der Waals surface area contributed by atoms with Crippen molar-refractivity contribution in [3.63, 3.8) is 0 Å². The number of rotatable bonds is 25. The zero-order valence-electron chi connectivity index (χ0n) is 29.3. The number of carbonyl (C=O) groups excluding carboxylic acids is 4. The molecular formula is C35H64N2O8S4. The van der Waals surface area contributed by atoms with Crippen LogP contribution in [0.25, 0.3) is 0 Å². The largest absolute Gasteiger partial charge is 0.481 e. The minimum atomic E-state index is -0.802. The molecule has 0 aliphatic heterocycles. The van der Waals surface area contributed by atoms with Crippen LogP contribution in [0.5, 0.6) is 0 Å². The van der Waals surface area contributed by atoms with Crippen LogP contribution in [0.4, 0.5) is 0 Å². The molecule has 2 saturated carbocycles. The fraction of sp³-hybridized carbons (Fsp3) is 0.829. The molecule has 286 valence electrons. The third-order valence-electron chi connectivity index (χ3n) is 8.17. The first kappa shape index (κ1) is 50.0. The Bertz CT molecular complexity index is 963. The summed E-state index contributed by atoms with van der Waals surface area (Å²) >= 11 is 6.37. The fourth-order valence-electron chi connectivity index (χ4n) is 4.79. The molecule has 0 aromatic carbocycles. The monoisotopic (exact) mass is 768 g/mol. The standard InChI is InChI=1S/C19H32O3S2.C8H12O4S2.C7H16N2O.CH4/c1-4-16(15(3)21)8-6-5-7-9-17(22)13-24-19-11-10-18(19)23-12-14(2)20;9-7(10)3-13-5-1-2-6(5)14-4-8(11)12;1-6(10)7(9)4-2-3-5-8;/h16,18-19H,4-13H2,1-3H3;5-6H,1-4H2,(H,9,10)(H,11,12);7H,2-5,8-9H2,1H3;1H4/t16-,18?,19?;;7-;/m0.0./s1. The fourth-order valence-corrected chi connectivity index (χ4v) is 10.1. The average Bonchev–Trinajstić information content (AvgIpc) is 2.98. The van der Waals surface area contributed by atoms with E-state index in [4.69, 9.17) is 21.7 Å². The maximum atomic E-state index is 12.0. The van der Waals surface area contributed by atoms with Crippen molar-refractivity contribution < 1.29 is 39.0 Å². The maximum absolute atomic E-state index is 12.0. The van der Waals surface area contributed by atoms with E-state index in [1.807, 2.05) is 0 Å². The average molecular weight is 769 g/mol. The summed E-state index contributed by atoms with van der Waals surface area (Å²) in [5.74, 6) is 1.01. The van der Waals surface area contributed by atoms with Crippen molar-refractivity contribution in [2.45, 2.75) is 146 Å². The van der Waals surface area contributed by atoms with E-state index in [-0.39, 0.29) is 42.5 Å². The number of Topliss-reactive ketones (excluding diaryl/α,β-unsaturated/α-hetero) is 4. The highest BCUT2D eigenvalue weighted by Crippen LogP contribution is 2.41. The van der Waals surface area contributed by atoms with Crippen LogP contribution in [0.3, 0.4) is 0 Å². The van der Waals surface area contributed by atoms with Crippen molar-refractivity contribution in [2.75, 3.05) is 29.6 Å². The molecule has 6 atom stereocenters. The van der Waals surface area contributed by atoms with Crippen LogP contribution in [0.2, 0.25) is 0 Å². The highest BCUT2D eigenvalue weighted by Gasteiger charge is 2.33. The summed E-state index contributed by atoms with van der Waals surface area (Å²) in [6.45, 7) is 7.58. The predicted octanol–water partition coefficient (Wildman–Crippen LogP) is 6.53. The molecule has 0 radical (unpaired) electrons. The minimum Gasteiger partial charge on any atom is -0.481 e. The molecule has 4 unspecified atom stereocenters. The van der Waals surface area contributed by atoms with E-state index in [0.717, 1.165) is 64.2 Å². The predicted molar refractivity (Wildman–Crippen MR) is 210 cm³/mol. The molecule has 10 nitrogen and oxygen atoms in total. The molecule has 0 aromatic rings. The summed E-state index contributed by atoms with van der Waals surface area (Å²) in [4.78, 5) is 65.6. The molecule has 2 aliphatic rings. The number of hydrogen-bond acceptors (Lipinski definition) is 12. The lowest BCUT2D eigenvalue weighted by Gasteiger charge is -2.35. The van der Waals surface area contributed by atoms with Gasteiger partial charge in [0.15, 0.2) is 0 Å². The summed E-state index contributed by atoms with van der Waals surface area (Å²) in [5, 5.41) is 18.7. The Labute approximate surface area is 312 Å². The molecule has 14 heteroatoms. The molecule has 0 amide bonds. The van der Waals surface area contributed by atoms with Crippen molar-refractivity contribution >= 4 is 82.1 Å². The third-order valence-corrected chi connectivity index (χ3v) is 14.4. The van der Waals surface area contributed by atoms with E-state index < -0.39 is 11.9 Å². The lowest BCUT2D eigenvalue weighted by Crippen LogP contribution is -2.33. The number of aliphatic carboxylic acids is 2. The molecule has 2 fully saturated rings. The maximum Gasteiger partial charge on any atom is 0.313 e. The van der Waals surface area contributed by atoms with E-state index in [1.165, 1.54) is 43.3 Å². The van der Waals surface area contributed by atoms with Crippen molar-refractivity contribution in [1.29, 1.82) is 0 Å². The van der Waals surface area contributed by atoms with Crippen LogP contribution in [-0.2, 0) is 28.8 Å². The molecule has 0 spiro atoms. The highest BCUT2D eigenvalue weighted by molar-refractivity contribution is 8.05. The summed E-state index contributed by atoms with van der Waals surface area (Å²) in [7, 11) is 0. The molecule has 6 N–H and O–H groups in total. The SMILES string of the molecule is C.CC(=O)[C@@H](N)CCCCN.CC[C@@H](CCCCCC(=O)CSC1CCC1SCC(C)=O)C(C)=O.O=C(O)CSC1CCC1SCC(=O)O. The Morgan fingerprint density at radius 1 is 0.653 bits per heavy atom. The van der Waals surface area contributed by atoms with Crippen LogP contribution in [0.1, 0.15) is 119 Å². The van der Waals surface area contributed by atoms with Crippen molar-refractivity contribution in [2.24, 2.45) is 17.4 Å². The van der Waals surface area contributed by atoms with Gasteiger partial charge in [-0.05, 0) is 85.1 Å². The summed E-state index contributed by atoms with van der Waals surface area (Å²) in [6, 6.07) is -0.272. The Balaban J connectivity index is 0. The Hall–Kier alpha value is -1.06. The van der Waals surface area contributed by atoms with E-state index in [1.54, 1.807) is 37.4 Å². The lowest BCUT2D eigenvalue weighted by molar-refractivity contribution is -0.135. The van der Waals surface area contributed by atoms with Crippen molar-refractivity contribution in [3.8, 4) is 0 Å². The Morgan fingerprint density at radius 2 is 1.10 bits per heavy atom. The van der Waals surface area contributed by atoms with E-state index in [0.29, 0.717) is 57.0 Å². The van der Waals surface area contributed by atoms with E-state index in [9.17, 15) is 28.8 Å². The zero-order valence-corrected chi connectivity index (χ0v) is 32.6. The van der Waals surface area contributed by atoms with Crippen LogP contribution in [0, 0.1) is 5.92 Å². The van der Waals surface area contributed by atoms with Gasteiger partial charge in [-0.25, -0.2) is 0 Å². The quantitative estimate of drug-likeness (QED) is 0.0732. The van der Waals surface area contributed by atoms with Gasteiger partial charge in [0, 0.05) is 33.3 Å². The highest BCUT2D eigenvalue weighted by atomic mass is 32.2. The first-order chi connectivity index (χ1) is 22.7. The third kappa shape index (κ3) is 26.4. The topological polar surface area (TPSA) is 195 Å². The number of unbranched alkanes of at least 4 members (excludes halogenated alkanes) is 3. The Morgan fingerprint density at radius 3 is 1.47 bits per heavy atom. The van der Waals surface area contributed by atoms with Crippen molar-refractivity contribution in [1.82, 2.24) is 0 Å². The number of carboxylic acids is 2. The van der Waals surface area contributed by atoms with Crippen LogP contribution < -0.4 is 11.5 Å². The Kier molecular flexibility index (Phi) is 31.2. The molecule has 0 heterocycles. The van der Waals surface area contributed by atoms with E-state index >= 15 is 0 Å². The number of ketones is 4.